The molecular weight excluding hydrogens is 258 g/mol. The Morgan fingerprint density at radius 2 is 2.15 bits per heavy atom. The Balaban J connectivity index is 1.79. The van der Waals surface area contributed by atoms with Crippen LogP contribution in [-0.4, -0.2) is 53.3 Å². The third-order valence-corrected chi connectivity index (χ3v) is 4.36. The van der Waals surface area contributed by atoms with Gasteiger partial charge in [0.05, 0.1) is 12.8 Å². The fourth-order valence-electron chi connectivity index (χ4n) is 3.18. The topological polar surface area (TPSA) is 56.6 Å². The van der Waals surface area contributed by atoms with Crippen molar-refractivity contribution in [2.75, 3.05) is 26.9 Å². The van der Waals surface area contributed by atoms with E-state index in [1.165, 1.54) is 7.11 Å². The van der Waals surface area contributed by atoms with Crippen LogP contribution in [0.25, 0.3) is 0 Å². The normalized spacial score (nSPS) is 20.7. The molecule has 20 heavy (non-hydrogen) atoms. The highest BCUT2D eigenvalue weighted by Crippen LogP contribution is 2.24. The van der Waals surface area contributed by atoms with Crippen LogP contribution in [0.3, 0.4) is 0 Å². The molecule has 0 atom stereocenters. The molecule has 3 heterocycles. The summed E-state index contributed by atoms with van der Waals surface area (Å²) < 4.78 is 12.1. The largest absolute Gasteiger partial charge is 0.463 e. The van der Waals surface area contributed by atoms with Gasteiger partial charge in [0, 0.05) is 51.5 Å². The van der Waals surface area contributed by atoms with Crippen molar-refractivity contribution >= 4 is 5.97 Å². The van der Waals surface area contributed by atoms with Crippen molar-refractivity contribution in [2.24, 2.45) is 7.05 Å². The number of hydrogen-bond acceptors (Lipinski definition) is 5. The fourth-order valence-corrected chi connectivity index (χ4v) is 3.18. The molecule has 1 fully saturated rings. The number of fused-ring (bicyclic) bond motifs is 1. The number of nitrogens with zero attached hydrogens (tertiary/aromatic N) is 3. The second-order valence-electron chi connectivity index (χ2n) is 5.44. The Kier molecular flexibility index (Phi) is 3.76. The predicted molar refractivity (Wildman–Crippen MR) is 72.5 cm³/mol. The first kappa shape index (κ1) is 13.6. The lowest BCUT2D eigenvalue weighted by Crippen LogP contribution is -2.42. The summed E-state index contributed by atoms with van der Waals surface area (Å²) in [6.07, 6.45) is 3.12. The highest BCUT2D eigenvalue weighted by Gasteiger charge is 2.29. The Hall–Kier alpha value is -1.40. The molecule has 0 N–H and O–H groups in total. The molecule has 0 bridgehead atoms. The van der Waals surface area contributed by atoms with Crippen molar-refractivity contribution < 1.29 is 14.3 Å². The first-order valence-electron chi connectivity index (χ1n) is 7.15. The van der Waals surface area contributed by atoms with Gasteiger partial charge < -0.3 is 14.0 Å². The number of carbonyl (C=O) groups is 1. The second-order valence-corrected chi connectivity index (χ2v) is 5.44. The van der Waals surface area contributed by atoms with Crippen LogP contribution in [0.4, 0.5) is 0 Å². The van der Waals surface area contributed by atoms with E-state index in [0.29, 0.717) is 11.9 Å². The lowest BCUT2D eigenvalue weighted by Gasteiger charge is -2.36. The van der Waals surface area contributed by atoms with E-state index < -0.39 is 0 Å². The van der Waals surface area contributed by atoms with E-state index >= 15 is 0 Å². The minimum absolute atomic E-state index is 0.362. The Morgan fingerprint density at radius 1 is 1.40 bits per heavy atom. The molecule has 1 aromatic heterocycles. The zero-order chi connectivity index (χ0) is 14.1. The van der Waals surface area contributed by atoms with E-state index in [2.05, 4.69) is 9.88 Å². The summed E-state index contributed by atoms with van der Waals surface area (Å²) in [6.45, 7) is 3.55. The lowest BCUT2D eigenvalue weighted by molar-refractivity contribution is 0.0283. The van der Waals surface area contributed by atoms with Gasteiger partial charge in [0.25, 0.3) is 0 Å². The first-order valence-corrected chi connectivity index (χ1v) is 7.15. The van der Waals surface area contributed by atoms with Crippen LogP contribution >= 0.6 is 0 Å². The van der Waals surface area contributed by atoms with E-state index in [9.17, 15) is 4.79 Å². The van der Waals surface area contributed by atoms with Crippen LogP contribution in [0.2, 0.25) is 0 Å². The molecular formula is C14H21N3O3. The standard InChI is InChI=1S/C14H21N3O3/c1-16-12-3-6-17(10-4-7-20-8-5-10)9-11(12)15-13(16)14(18)19-2/h10H,3-9H2,1-2H3. The number of carbonyl (C=O) groups excluding carboxylic acids is 1. The molecule has 2 aliphatic rings. The summed E-state index contributed by atoms with van der Waals surface area (Å²) in [6, 6.07) is 0.584. The summed E-state index contributed by atoms with van der Waals surface area (Å²) >= 11 is 0. The van der Waals surface area contributed by atoms with Gasteiger partial charge in [0.2, 0.25) is 5.82 Å². The second kappa shape index (κ2) is 5.54. The smallest absolute Gasteiger partial charge is 0.374 e. The molecule has 1 aromatic rings. The van der Waals surface area contributed by atoms with Crippen molar-refractivity contribution in [3.8, 4) is 0 Å². The summed E-state index contributed by atoms with van der Waals surface area (Å²) in [5.41, 5.74) is 2.18. The number of ether oxygens (including phenoxy) is 2. The maximum absolute atomic E-state index is 11.7. The molecule has 0 aromatic carbocycles. The van der Waals surface area contributed by atoms with Crippen LogP contribution in [0.1, 0.15) is 34.8 Å². The molecule has 0 saturated carbocycles. The zero-order valence-electron chi connectivity index (χ0n) is 12.1. The Labute approximate surface area is 118 Å². The van der Waals surface area contributed by atoms with Gasteiger partial charge in [-0.15, -0.1) is 0 Å². The molecule has 2 aliphatic heterocycles. The number of imidazole rings is 1. The number of methoxy groups -OCH3 is 1. The van der Waals surface area contributed by atoms with Gasteiger partial charge in [0.1, 0.15) is 0 Å². The predicted octanol–water partition coefficient (Wildman–Crippen LogP) is 0.744. The molecule has 6 nitrogen and oxygen atoms in total. The number of esters is 1. The van der Waals surface area contributed by atoms with Crippen LogP contribution in [0.15, 0.2) is 0 Å². The lowest BCUT2D eigenvalue weighted by atomic mass is 10.0. The SMILES string of the molecule is COC(=O)c1nc2c(n1C)CCN(C1CCOCC1)C2. The van der Waals surface area contributed by atoms with Crippen molar-refractivity contribution in [1.29, 1.82) is 0 Å². The minimum atomic E-state index is -0.362. The van der Waals surface area contributed by atoms with Crippen LogP contribution < -0.4 is 0 Å². The molecule has 6 heteroatoms. The molecule has 3 rings (SSSR count). The van der Waals surface area contributed by atoms with Crippen molar-refractivity contribution in [3.05, 3.63) is 17.2 Å². The number of hydrogen-bond donors (Lipinski definition) is 0. The Morgan fingerprint density at radius 3 is 2.85 bits per heavy atom. The van der Waals surface area contributed by atoms with Gasteiger partial charge >= 0.3 is 5.97 Å². The molecule has 0 amide bonds. The maximum Gasteiger partial charge on any atom is 0.374 e. The van der Waals surface area contributed by atoms with Crippen LogP contribution in [0.5, 0.6) is 0 Å². The van der Waals surface area contributed by atoms with Gasteiger partial charge in [-0.3, -0.25) is 4.90 Å². The third-order valence-electron chi connectivity index (χ3n) is 4.36. The van der Waals surface area contributed by atoms with E-state index in [1.54, 1.807) is 0 Å². The van der Waals surface area contributed by atoms with Gasteiger partial charge in [-0.2, -0.15) is 0 Å². The quantitative estimate of drug-likeness (QED) is 0.748. The molecule has 0 radical (unpaired) electrons. The van der Waals surface area contributed by atoms with E-state index in [4.69, 9.17) is 9.47 Å². The first-order chi connectivity index (χ1) is 9.70. The summed E-state index contributed by atoms with van der Waals surface area (Å²) in [5.74, 6) is 0.0471. The zero-order valence-corrected chi connectivity index (χ0v) is 12.1. The molecule has 110 valence electrons. The van der Waals surface area contributed by atoms with Gasteiger partial charge in [0.15, 0.2) is 0 Å². The average Bonchev–Trinajstić information content (AvgIpc) is 2.84. The molecule has 1 saturated heterocycles. The number of aromatic nitrogens is 2. The van der Waals surface area contributed by atoms with E-state index in [1.807, 2.05) is 11.6 Å². The molecule has 0 unspecified atom stereocenters. The van der Waals surface area contributed by atoms with Gasteiger partial charge in [-0.25, -0.2) is 9.78 Å². The van der Waals surface area contributed by atoms with Crippen LogP contribution in [-0.2, 0) is 29.5 Å². The van der Waals surface area contributed by atoms with Crippen molar-refractivity contribution in [2.45, 2.75) is 31.8 Å². The third kappa shape index (κ3) is 2.33. The fraction of sp³-hybridized carbons (Fsp3) is 0.714. The summed E-state index contributed by atoms with van der Waals surface area (Å²) in [5, 5.41) is 0. The van der Waals surface area contributed by atoms with E-state index in [-0.39, 0.29) is 5.97 Å². The summed E-state index contributed by atoms with van der Waals surface area (Å²) in [4.78, 5) is 18.7. The van der Waals surface area contributed by atoms with Gasteiger partial charge in [-0.05, 0) is 12.8 Å². The van der Waals surface area contributed by atoms with Gasteiger partial charge in [-0.1, -0.05) is 0 Å². The monoisotopic (exact) mass is 279 g/mol. The van der Waals surface area contributed by atoms with Crippen molar-refractivity contribution in [3.63, 3.8) is 0 Å². The van der Waals surface area contributed by atoms with E-state index in [0.717, 1.165) is 57.0 Å². The van der Waals surface area contributed by atoms with Crippen molar-refractivity contribution in [1.82, 2.24) is 14.5 Å². The molecule has 0 spiro atoms. The average molecular weight is 279 g/mol. The highest BCUT2D eigenvalue weighted by molar-refractivity contribution is 5.85. The summed E-state index contributed by atoms with van der Waals surface area (Å²) in [7, 11) is 3.28. The van der Waals surface area contributed by atoms with Crippen LogP contribution in [0, 0.1) is 0 Å². The highest BCUT2D eigenvalue weighted by atomic mass is 16.5. The minimum Gasteiger partial charge on any atom is -0.463 e. The maximum atomic E-state index is 11.7. The Bertz CT molecular complexity index is 506. The molecule has 0 aliphatic carbocycles. The number of rotatable bonds is 2.